The fourth-order valence-corrected chi connectivity index (χ4v) is 1.29. The van der Waals surface area contributed by atoms with E-state index >= 15 is 0 Å². The van der Waals surface area contributed by atoms with Crippen molar-refractivity contribution in [3.8, 4) is 0 Å². The average Bonchev–Trinajstić information content (AvgIpc) is 2.10. The number of esters is 1. The molecule has 0 saturated heterocycles. The highest BCUT2D eigenvalue weighted by atomic mass is 16.5. The number of carbonyl (C=O) groups is 3. The van der Waals surface area contributed by atoms with Gasteiger partial charge >= 0.3 is 17.9 Å². The Morgan fingerprint density at radius 2 is 1.72 bits per heavy atom. The van der Waals surface area contributed by atoms with E-state index < -0.39 is 24.0 Å². The first-order valence-electron chi connectivity index (χ1n) is 5.24. The molecule has 0 aromatic rings. The molecule has 2 N–H and O–H groups in total. The van der Waals surface area contributed by atoms with E-state index in [1.807, 2.05) is 21.1 Å². The van der Waals surface area contributed by atoms with Crippen molar-refractivity contribution < 1.29 is 33.8 Å². The number of hydrogen-bond donors (Lipinski definition) is 2. The maximum Gasteiger partial charge on any atom is 0.331 e. The summed E-state index contributed by atoms with van der Waals surface area (Å²) in [4.78, 5) is 32.1. The molecule has 0 amide bonds. The first-order chi connectivity index (χ1) is 8.10. The molecule has 0 spiro atoms. The van der Waals surface area contributed by atoms with Crippen molar-refractivity contribution in [3.63, 3.8) is 0 Å². The van der Waals surface area contributed by atoms with Crippen LogP contribution in [0.3, 0.4) is 0 Å². The van der Waals surface area contributed by atoms with Gasteiger partial charge in [0, 0.05) is 12.2 Å². The van der Waals surface area contributed by atoms with Crippen molar-refractivity contribution in [2.45, 2.75) is 12.5 Å². The van der Waals surface area contributed by atoms with Gasteiger partial charge in [-0.25, -0.2) is 9.59 Å². The Morgan fingerprint density at radius 1 is 1.17 bits per heavy atom. The van der Waals surface area contributed by atoms with Crippen LogP contribution in [0.5, 0.6) is 0 Å². The number of rotatable bonds is 7. The van der Waals surface area contributed by atoms with Crippen molar-refractivity contribution in [3.05, 3.63) is 12.2 Å². The van der Waals surface area contributed by atoms with E-state index in [1.165, 1.54) is 0 Å². The second-order valence-electron chi connectivity index (χ2n) is 4.80. The van der Waals surface area contributed by atoms with Gasteiger partial charge in [0.25, 0.3) is 0 Å². The molecule has 102 valence electrons. The Labute approximate surface area is 105 Å². The molecule has 0 heterocycles. The van der Waals surface area contributed by atoms with Gasteiger partial charge in [-0.2, -0.15) is 0 Å². The smallest absolute Gasteiger partial charge is 0.331 e. The van der Waals surface area contributed by atoms with Crippen molar-refractivity contribution in [2.24, 2.45) is 0 Å². The Morgan fingerprint density at radius 3 is 2.11 bits per heavy atom. The lowest BCUT2D eigenvalue weighted by atomic mass is 10.2. The summed E-state index contributed by atoms with van der Waals surface area (Å²) < 4.78 is 5.33. The molecule has 1 atom stereocenters. The molecule has 0 bridgehead atoms. The van der Waals surface area contributed by atoms with Crippen LogP contribution in [-0.4, -0.2) is 66.4 Å². The Balaban J connectivity index is 4.54. The molecule has 7 heteroatoms. The van der Waals surface area contributed by atoms with Gasteiger partial charge in [-0.3, -0.25) is 4.79 Å². The fourth-order valence-electron chi connectivity index (χ4n) is 1.29. The molecule has 0 rings (SSSR count). The summed E-state index contributed by atoms with van der Waals surface area (Å²) in [6, 6.07) is 0. The summed E-state index contributed by atoms with van der Waals surface area (Å²) >= 11 is 0. The zero-order chi connectivity index (χ0) is 14.3. The van der Waals surface area contributed by atoms with E-state index in [4.69, 9.17) is 14.9 Å². The van der Waals surface area contributed by atoms with E-state index in [0.29, 0.717) is 17.1 Å². The number of quaternary nitrogens is 1. The van der Waals surface area contributed by atoms with Crippen LogP contribution in [0.2, 0.25) is 0 Å². The average molecular weight is 260 g/mol. The molecular formula is C11H18NO6+. The van der Waals surface area contributed by atoms with Crippen LogP contribution in [0.1, 0.15) is 6.42 Å². The third-order valence-electron chi connectivity index (χ3n) is 1.80. The number of aliphatic carboxylic acids is 2. The standard InChI is InChI=1S/C11H17NO6/c1-12(2,3)7-8(6-10(15)16)18-11(17)5-4-9(13)14/h4-5,8H,6-7H2,1-3H3,(H-,13,14,15,16)/p+1/b5-4+/t8-/m1/s1. The largest absolute Gasteiger partial charge is 0.481 e. The van der Waals surface area contributed by atoms with Crippen LogP contribution < -0.4 is 0 Å². The second-order valence-corrected chi connectivity index (χ2v) is 4.80. The highest BCUT2D eigenvalue weighted by Gasteiger charge is 2.24. The highest BCUT2D eigenvalue weighted by Crippen LogP contribution is 2.05. The minimum absolute atomic E-state index is 0.317. The number of nitrogens with zero attached hydrogens (tertiary/aromatic N) is 1. The maximum atomic E-state index is 11.3. The normalized spacial score (nSPS) is 13.3. The molecule has 7 nitrogen and oxygen atoms in total. The molecule has 0 aliphatic rings. The Bertz CT molecular complexity index is 355. The minimum Gasteiger partial charge on any atom is -0.481 e. The molecule has 18 heavy (non-hydrogen) atoms. The van der Waals surface area contributed by atoms with Crippen molar-refractivity contribution >= 4 is 17.9 Å². The Kier molecular flexibility index (Phi) is 6.04. The lowest BCUT2D eigenvalue weighted by Gasteiger charge is -2.28. The van der Waals surface area contributed by atoms with Gasteiger partial charge in [-0.1, -0.05) is 0 Å². The predicted molar refractivity (Wildman–Crippen MR) is 61.8 cm³/mol. The topological polar surface area (TPSA) is 101 Å². The number of ether oxygens (including phenoxy) is 1. The second kappa shape index (κ2) is 6.75. The highest BCUT2D eigenvalue weighted by molar-refractivity contribution is 5.90. The minimum atomic E-state index is -1.27. The molecule has 0 aliphatic carbocycles. The lowest BCUT2D eigenvalue weighted by Crippen LogP contribution is -2.43. The van der Waals surface area contributed by atoms with E-state index in [1.54, 1.807) is 0 Å². The Hall–Kier alpha value is -1.89. The molecule has 0 fully saturated rings. The van der Waals surface area contributed by atoms with Gasteiger partial charge in [-0.15, -0.1) is 0 Å². The number of hydrogen-bond acceptors (Lipinski definition) is 4. The first-order valence-corrected chi connectivity index (χ1v) is 5.24. The van der Waals surface area contributed by atoms with Crippen LogP contribution in [-0.2, 0) is 19.1 Å². The third-order valence-corrected chi connectivity index (χ3v) is 1.80. The van der Waals surface area contributed by atoms with Gasteiger partial charge in [0.2, 0.25) is 0 Å². The van der Waals surface area contributed by atoms with E-state index in [9.17, 15) is 14.4 Å². The number of carboxylic acids is 2. The van der Waals surface area contributed by atoms with Crippen molar-refractivity contribution in [1.29, 1.82) is 0 Å². The van der Waals surface area contributed by atoms with Crippen LogP contribution in [0.4, 0.5) is 0 Å². The number of likely N-dealkylation sites (N-methyl/N-ethyl adjacent to an activating group) is 1. The summed E-state index contributed by atoms with van der Waals surface area (Å²) in [5.41, 5.74) is 0. The molecule has 0 aromatic heterocycles. The molecule has 0 radical (unpaired) electrons. The quantitative estimate of drug-likeness (QED) is 0.371. The van der Waals surface area contributed by atoms with Gasteiger partial charge in [0.15, 0.2) is 6.10 Å². The molecule has 0 saturated carbocycles. The molecule has 0 unspecified atom stereocenters. The molecular weight excluding hydrogens is 242 g/mol. The number of carboxylic acid groups (broad SMARTS) is 2. The van der Waals surface area contributed by atoms with Gasteiger partial charge < -0.3 is 19.4 Å². The fraction of sp³-hybridized carbons (Fsp3) is 0.545. The van der Waals surface area contributed by atoms with E-state index in [2.05, 4.69) is 0 Å². The van der Waals surface area contributed by atoms with Crippen molar-refractivity contribution in [1.82, 2.24) is 0 Å². The SMILES string of the molecule is C[N+](C)(C)C[C@@H](CC(=O)O)OC(=O)/C=C/C(=O)O. The monoisotopic (exact) mass is 260 g/mol. The van der Waals surface area contributed by atoms with Crippen LogP contribution in [0, 0.1) is 0 Å². The summed E-state index contributed by atoms with van der Waals surface area (Å²) in [5, 5.41) is 17.0. The molecule has 0 aromatic carbocycles. The van der Waals surface area contributed by atoms with Gasteiger partial charge in [0.1, 0.15) is 6.54 Å². The predicted octanol–water partition coefficient (Wildman–Crippen LogP) is -0.280. The summed E-state index contributed by atoms with van der Waals surface area (Å²) in [6.45, 7) is 0.318. The third kappa shape index (κ3) is 9.34. The number of carbonyl (C=O) groups excluding carboxylic acids is 1. The van der Waals surface area contributed by atoms with E-state index in [-0.39, 0.29) is 6.42 Å². The van der Waals surface area contributed by atoms with Gasteiger partial charge in [0.05, 0.1) is 27.6 Å². The summed E-state index contributed by atoms with van der Waals surface area (Å²) in [6.07, 6.45) is 0.287. The van der Waals surface area contributed by atoms with Crippen LogP contribution in [0.15, 0.2) is 12.2 Å². The summed E-state index contributed by atoms with van der Waals surface area (Å²) in [5.74, 6) is -3.21. The zero-order valence-electron chi connectivity index (χ0n) is 10.6. The summed E-state index contributed by atoms with van der Waals surface area (Å²) in [7, 11) is 5.49. The van der Waals surface area contributed by atoms with Crippen LogP contribution >= 0.6 is 0 Å². The van der Waals surface area contributed by atoms with Gasteiger partial charge in [-0.05, 0) is 0 Å². The van der Waals surface area contributed by atoms with E-state index in [0.717, 1.165) is 6.08 Å². The molecule has 0 aliphatic heterocycles. The van der Waals surface area contributed by atoms with Crippen molar-refractivity contribution in [2.75, 3.05) is 27.7 Å². The maximum absolute atomic E-state index is 11.3. The zero-order valence-corrected chi connectivity index (χ0v) is 10.6. The first kappa shape index (κ1) is 16.1. The van der Waals surface area contributed by atoms with Crippen LogP contribution in [0.25, 0.3) is 0 Å². The lowest BCUT2D eigenvalue weighted by molar-refractivity contribution is -0.873.